The monoisotopic (exact) mass is 412 g/mol. The maximum Gasteiger partial charge on any atom is 0.328 e. The summed E-state index contributed by atoms with van der Waals surface area (Å²) in [6.45, 7) is 0.498. The Balaban J connectivity index is 2.03. The van der Waals surface area contributed by atoms with Gasteiger partial charge in [0.25, 0.3) is 0 Å². The van der Waals surface area contributed by atoms with Crippen molar-refractivity contribution in [2.45, 2.75) is 0 Å². The second-order valence-corrected chi connectivity index (χ2v) is 6.05. The fourth-order valence-corrected chi connectivity index (χ4v) is 2.58. The maximum absolute atomic E-state index is 10.7. The van der Waals surface area contributed by atoms with Crippen LogP contribution in [0.25, 0.3) is 12.2 Å². The van der Waals surface area contributed by atoms with Gasteiger partial charge in [-0.05, 0) is 47.5 Å². The van der Waals surface area contributed by atoms with Gasteiger partial charge in [0.2, 0.25) is 0 Å². The van der Waals surface area contributed by atoms with E-state index in [4.69, 9.17) is 19.7 Å². The Morgan fingerprint density at radius 3 is 1.53 bits per heavy atom. The average Bonchev–Trinajstić information content (AvgIpc) is 2.73. The highest BCUT2D eigenvalue weighted by Crippen LogP contribution is 2.28. The number of carboxylic acid groups (broad SMARTS) is 2. The molecule has 0 atom stereocenters. The van der Waals surface area contributed by atoms with Gasteiger partial charge in [0, 0.05) is 26.2 Å². The summed E-state index contributed by atoms with van der Waals surface area (Å²) in [4.78, 5) is 21.4. The molecule has 2 aromatic carbocycles. The van der Waals surface area contributed by atoms with Gasteiger partial charge in [0.15, 0.2) is 0 Å². The van der Waals surface area contributed by atoms with Crippen LogP contribution in [0.2, 0.25) is 0 Å². The zero-order valence-corrected chi connectivity index (χ0v) is 16.7. The number of nitrogens with one attached hydrogen (secondary N) is 2. The molecule has 0 fully saturated rings. The Kier molecular flexibility index (Phi) is 8.31. The number of carbonyl (C=O) groups is 2. The summed E-state index contributed by atoms with van der Waals surface area (Å²) in [7, 11) is 3.53. The highest BCUT2D eigenvalue weighted by molar-refractivity contribution is 5.86. The quantitative estimate of drug-likeness (QED) is 0.328. The van der Waals surface area contributed by atoms with Gasteiger partial charge in [-0.3, -0.25) is 0 Å². The number of benzene rings is 2. The molecule has 0 saturated heterocycles. The Hall–Kier alpha value is -3.94. The van der Waals surface area contributed by atoms with Crippen LogP contribution in [0, 0.1) is 0 Å². The van der Waals surface area contributed by atoms with Crippen LogP contribution in [-0.4, -0.2) is 49.5 Å². The number of hydrogen-bond donors (Lipinski definition) is 4. The van der Waals surface area contributed by atoms with Gasteiger partial charge >= 0.3 is 11.9 Å². The largest absolute Gasteiger partial charge is 0.488 e. The third-order valence-corrected chi connectivity index (χ3v) is 3.99. The Bertz CT molecular complexity index is 875. The molecule has 30 heavy (non-hydrogen) atoms. The number of ether oxygens (including phenoxy) is 2. The van der Waals surface area contributed by atoms with Crippen LogP contribution in [0.3, 0.4) is 0 Å². The first kappa shape index (κ1) is 22.4. The number of hydrogen-bond acceptors (Lipinski definition) is 6. The van der Waals surface area contributed by atoms with E-state index >= 15 is 0 Å². The molecule has 0 radical (unpaired) electrons. The lowest BCUT2D eigenvalue weighted by molar-refractivity contribution is -0.132. The molecule has 158 valence electrons. The normalized spacial score (nSPS) is 10.9. The molecule has 8 heteroatoms. The molecule has 0 aliphatic carbocycles. The van der Waals surface area contributed by atoms with Crippen LogP contribution in [0.4, 0.5) is 11.4 Å². The Morgan fingerprint density at radius 1 is 0.800 bits per heavy atom. The van der Waals surface area contributed by atoms with Crippen LogP contribution < -0.4 is 20.1 Å². The molecule has 0 spiro atoms. The van der Waals surface area contributed by atoms with Crippen LogP contribution in [-0.2, 0) is 9.59 Å². The lowest BCUT2D eigenvalue weighted by Crippen LogP contribution is -2.11. The minimum atomic E-state index is -1.02. The molecule has 0 aromatic heterocycles. The zero-order chi connectivity index (χ0) is 21.9. The molecule has 0 heterocycles. The van der Waals surface area contributed by atoms with E-state index in [0.717, 1.165) is 23.5 Å². The summed E-state index contributed by atoms with van der Waals surface area (Å²) in [6.07, 6.45) is 5.10. The summed E-state index contributed by atoms with van der Waals surface area (Å²) in [5, 5.41) is 23.6. The summed E-state index contributed by atoms with van der Waals surface area (Å²) < 4.78 is 11.6. The maximum atomic E-state index is 10.7. The lowest BCUT2D eigenvalue weighted by Gasteiger charge is -2.14. The number of aliphatic carboxylic acids is 2. The second-order valence-electron chi connectivity index (χ2n) is 6.05. The molecule has 0 aliphatic rings. The van der Waals surface area contributed by atoms with Crippen molar-refractivity contribution in [2.24, 2.45) is 0 Å². The van der Waals surface area contributed by atoms with Crippen molar-refractivity contribution in [2.75, 3.05) is 37.9 Å². The van der Waals surface area contributed by atoms with E-state index < -0.39 is 11.9 Å². The first-order valence-electron chi connectivity index (χ1n) is 9.14. The Labute approximate surface area is 174 Å². The van der Waals surface area contributed by atoms with Gasteiger partial charge in [-0.2, -0.15) is 0 Å². The van der Waals surface area contributed by atoms with Crippen LogP contribution in [0.1, 0.15) is 11.1 Å². The van der Waals surface area contributed by atoms with Crippen molar-refractivity contribution in [3.63, 3.8) is 0 Å². The average molecular weight is 412 g/mol. The smallest absolute Gasteiger partial charge is 0.328 e. The second kappa shape index (κ2) is 11.2. The van der Waals surface area contributed by atoms with Gasteiger partial charge in [-0.15, -0.1) is 0 Å². The minimum absolute atomic E-state index is 0.249. The summed E-state index contributed by atoms with van der Waals surface area (Å²) >= 11 is 0. The third kappa shape index (κ3) is 6.90. The number of carboxylic acids is 2. The first-order valence-corrected chi connectivity index (χ1v) is 9.14. The van der Waals surface area contributed by atoms with Crippen molar-refractivity contribution in [3.8, 4) is 11.5 Å². The minimum Gasteiger partial charge on any atom is -0.488 e. The van der Waals surface area contributed by atoms with Gasteiger partial charge in [-0.1, -0.05) is 12.1 Å². The molecule has 0 unspecified atom stereocenters. The molecular weight excluding hydrogens is 388 g/mol. The van der Waals surface area contributed by atoms with Crippen molar-refractivity contribution < 1.29 is 29.3 Å². The van der Waals surface area contributed by atoms with E-state index in [1.165, 1.54) is 12.2 Å². The predicted molar refractivity (Wildman–Crippen MR) is 116 cm³/mol. The fourth-order valence-electron chi connectivity index (χ4n) is 2.58. The lowest BCUT2D eigenvalue weighted by atomic mass is 10.1. The predicted octanol–water partition coefficient (Wildman–Crippen LogP) is 3.42. The summed E-state index contributed by atoms with van der Waals surface area (Å²) in [5.74, 6) is -0.907. The molecule has 0 amide bonds. The van der Waals surface area contributed by atoms with Gasteiger partial charge in [0.1, 0.15) is 24.7 Å². The molecule has 0 saturated carbocycles. The summed E-state index contributed by atoms with van der Waals surface area (Å²) in [5.41, 5.74) is 2.92. The molecule has 4 N–H and O–H groups in total. The van der Waals surface area contributed by atoms with Crippen LogP contribution >= 0.6 is 0 Å². The standard InChI is InChI=1S/C22H24N2O6/c1-23-17-7-3-15(5-9-21(25)26)13-19(17)29-11-12-30-20-14-16(6-10-22(27)28)4-8-18(20)24-2/h3-10,13-14,23-24H,11-12H2,1-2H3,(H,25,26)(H,27,28)/b9-5+,10-6+. The van der Waals surface area contributed by atoms with E-state index in [0.29, 0.717) is 22.6 Å². The highest BCUT2D eigenvalue weighted by Gasteiger charge is 2.06. The molecule has 2 aromatic rings. The van der Waals surface area contributed by atoms with Crippen molar-refractivity contribution in [3.05, 3.63) is 59.7 Å². The molecular formula is C22H24N2O6. The van der Waals surface area contributed by atoms with Gasteiger partial charge in [0.05, 0.1) is 11.4 Å². The van der Waals surface area contributed by atoms with E-state index in [9.17, 15) is 9.59 Å². The van der Waals surface area contributed by atoms with Crippen molar-refractivity contribution in [1.29, 1.82) is 0 Å². The van der Waals surface area contributed by atoms with Crippen LogP contribution in [0.15, 0.2) is 48.6 Å². The van der Waals surface area contributed by atoms with Gasteiger partial charge in [-0.25, -0.2) is 9.59 Å². The summed E-state index contributed by atoms with van der Waals surface area (Å²) in [6, 6.07) is 10.6. The van der Waals surface area contributed by atoms with E-state index in [1.807, 2.05) is 0 Å². The fraction of sp³-hybridized carbons (Fsp3) is 0.182. The first-order chi connectivity index (χ1) is 14.4. The third-order valence-electron chi connectivity index (χ3n) is 3.99. The van der Waals surface area contributed by atoms with Gasteiger partial charge < -0.3 is 30.3 Å². The van der Waals surface area contributed by atoms with Crippen molar-refractivity contribution >= 4 is 35.5 Å². The molecule has 0 bridgehead atoms. The number of rotatable bonds is 11. The zero-order valence-electron chi connectivity index (χ0n) is 16.7. The van der Waals surface area contributed by atoms with E-state index in [1.54, 1.807) is 50.5 Å². The molecule has 8 nitrogen and oxygen atoms in total. The topological polar surface area (TPSA) is 117 Å². The SMILES string of the molecule is CNc1ccc(/C=C/C(=O)O)cc1OCCOc1cc(/C=C/C(=O)O)ccc1NC. The Morgan fingerprint density at radius 2 is 1.20 bits per heavy atom. The van der Waals surface area contributed by atoms with Crippen molar-refractivity contribution in [1.82, 2.24) is 0 Å². The highest BCUT2D eigenvalue weighted by atomic mass is 16.5. The van der Waals surface area contributed by atoms with Crippen LogP contribution in [0.5, 0.6) is 11.5 Å². The van der Waals surface area contributed by atoms with E-state index in [2.05, 4.69) is 10.6 Å². The van der Waals surface area contributed by atoms with E-state index in [-0.39, 0.29) is 13.2 Å². The number of anilines is 2. The molecule has 0 aliphatic heterocycles. The molecule has 2 rings (SSSR count).